The van der Waals surface area contributed by atoms with Crippen LogP contribution in [0.4, 0.5) is 4.39 Å². The second-order valence-electron chi connectivity index (χ2n) is 5.08. The molecule has 4 nitrogen and oxygen atoms in total. The molecule has 1 fully saturated rings. The molecule has 5 heteroatoms. The van der Waals surface area contributed by atoms with Crippen molar-refractivity contribution < 1.29 is 19.1 Å². The Balaban J connectivity index is 2.04. The molecule has 0 aromatic heterocycles. The molecular formula is C14H16FNO3. The molecule has 1 aliphatic heterocycles. The zero-order valence-corrected chi connectivity index (χ0v) is 10.9. The third-order valence-electron chi connectivity index (χ3n) is 3.65. The highest BCUT2D eigenvalue weighted by atomic mass is 19.1. The number of aryl methyl sites for hydroxylation is 1. The molecule has 1 saturated heterocycles. The van der Waals surface area contributed by atoms with Crippen molar-refractivity contribution in [1.29, 1.82) is 0 Å². The summed E-state index contributed by atoms with van der Waals surface area (Å²) in [5, 5.41) is 8.88. The number of amides is 1. The molecule has 0 bridgehead atoms. The minimum absolute atomic E-state index is 0.0469. The Morgan fingerprint density at radius 2 is 2.05 bits per heavy atom. The highest BCUT2D eigenvalue weighted by Gasteiger charge is 2.37. The number of nitrogens with zero attached hydrogens (tertiary/aromatic N) is 1. The molecule has 1 unspecified atom stereocenters. The number of hydrogen-bond acceptors (Lipinski definition) is 2. The first kappa shape index (κ1) is 13.5. The smallest absolute Gasteiger partial charge is 0.306 e. The number of halogens is 1. The van der Waals surface area contributed by atoms with Gasteiger partial charge in [0, 0.05) is 19.0 Å². The maximum absolute atomic E-state index is 13.6. The van der Waals surface area contributed by atoms with Gasteiger partial charge < -0.3 is 10.0 Å². The number of hydrogen-bond donors (Lipinski definition) is 1. The van der Waals surface area contributed by atoms with Crippen LogP contribution in [0.3, 0.4) is 0 Å². The van der Waals surface area contributed by atoms with Crippen molar-refractivity contribution in [2.75, 3.05) is 13.1 Å². The third-order valence-corrected chi connectivity index (χ3v) is 3.65. The van der Waals surface area contributed by atoms with E-state index in [0.29, 0.717) is 13.1 Å². The zero-order chi connectivity index (χ0) is 14.2. The molecule has 102 valence electrons. The number of likely N-dealkylation sites (tertiary alicyclic amines) is 1. The molecule has 0 spiro atoms. The Morgan fingerprint density at radius 1 is 1.42 bits per heavy atom. The van der Waals surface area contributed by atoms with Gasteiger partial charge in [-0.05, 0) is 19.1 Å². The number of carbonyl (C=O) groups excluding carboxylic acids is 1. The van der Waals surface area contributed by atoms with Crippen molar-refractivity contribution >= 4 is 11.9 Å². The largest absolute Gasteiger partial charge is 0.481 e. The minimum Gasteiger partial charge on any atom is -0.481 e. The van der Waals surface area contributed by atoms with E-state index < -0.39 is 17.7 Å². The van der Waals surface area contributed by atoms with E-state index in [-0.39, 0.29) is 17.4 Å². The number of carboxylic acid groups (broad SMARTS) is 1. The van der Waals surface area contributed by atoms with Gasteiger partial charge in [0.05, 0.1) is 11.5 Å². The standard InChI is InChI=1S/C14H16FNO3/c1-8-3-4-12(15)11(5-8)13(17)16-6-10(7-16)9(2)14(18)19/h3-5,9-10H,6-7H2,1-2H3,(H,18,19). The minimum atomic E-state index is -0.862. The predicted molar refractivity (Wildman–Crippen MR) is 67.3 cm³/mol. The van der Waals surface area contributed by atoms with Gasteiger partial charge >= 0.3 is 5.97 Å². The van der Waals surface area contributed by atoms with Crippen LogP contribution in [0.1, 0.15) is 22.8 Å². The van der Waals surface area contributed by atoms with E-state index in [2.05, 4.69) is 0 Å². The van der Waals surface area contributed by atoms with E-state index in [9.17, 15) is 14.0 Å². The number of rotatable bonds is 3. The second kappa shape index (κ2) is 4.99. The average molecular weight is 265 g/mol. The number of carbonyl (C=O) groups is 2. The van der Waals surface area contributed by atoms with Crippen LogP contribution in [-0.4, -0.2) is 35.0 Å². The van der Waals surface area contributed by atoms with E-state index in [1.165, 1.54) is 17.0 Å². The van der Waals surface area contributed by atoms with E-state index in [1.54, 1.807) is 19.9 Å². The number of carboxylic acids is 1. The van der Waals surface area contributed by atoms with Gasteiger partial charge in [0.25, 0.3) is 5.91 Å². The Hall–Kier alpha value is -1.91. The molecule has 0 aliphatic carbocycles. The van der Waals surface area contributed by atoms with Gasteiger partial charge in [0.15, 0.2) is 0 Å². The van der Waals surface area contributed by atoms with Crippen LogP contribution in [0.25, 0.3) is 0 Å². The van der Waals surface area contributed by atoms with Gasteiger partial charge in [0.2, 0.25) is 0 Å². The second-order valence-corrected chi connectivity index (χ2v) is 5.08. The van der Waals surface area contributed by atoms with Crippen LogP contribution in [0.5, 0.6) is 0 Å². The lowest BCUT2D eigenvalue weighted by atomic mass is 9.86. The first-order valence-electron chi connectivity index (χ1n) is 6.18. The number of aliphatic carboxylic acids is 1. The van der Waals surface area contributed by atoms with E-state index in [1.807, 2.05) is 0 Å². The first-order chi connectivity index (χ1) is 8.90. The molecule has 1 aromatic carbocycles. The summed E-state index contributed by atoms with van der Waals surface area (Å²) in [5.41, 5.74) is 0.877. The maximum Gasteiger partial charge on any atom is 0.306 e. The van der Waals surface area contributed by atoms with E-state index in [4.69, 9.17) is 5.11 Å². The molecule has 19 heavy (non-hydrogen) atoms. The van der Waals surface area contributed by atoms with Crippen molar-refractivity contribution in [1.82, 2.24) is 4.90 Å². The van der Waals surface area contributed by atoms with Gasteiger partial charge in [-0.3, -0.25) is 9.59 Å². The summed E-state index contributed by atoms with van der Waals surface area (Å²) in [4.78, 5) is 24.4. The molecule has 1 aliphatic rings. The zero-order valence-electron chi connectivity index (χ0n) is 10.9. The normalized spacial score (nSPS) is 16.9. The van der Waals surface area contributed by atoms with Crippen molar-refractivity contribution in [3.63, 3.8) is 0 Å². The summed E-state index contributed by atoms with van der Waals surface area (Å²) >= 11 is 0. The van der Waals surface area contributed by atoms with Crippen LogP contribution in [0, 0.1) is 24.6 Å². The summed E-state index contributed by atoms with van der Waals surface area (Å²) in [7, 11) is 0. The Kier molecular flexibility index (Phi) is 3.55. The van der Waals surface area contributed by atoms with Crippen molar-refractivity contribution in [3.8, 4) is 0 Å². The molecule has 1 aromatic rings. The summed E-state index contributed by atoms with van der Waals surface area (Å²) in [5.74, 6) is -2.29. The topological polar surface area (TPSA) is 57.6 Å². The lowest BCUT2D eigenvalue weighted by Crippen LogP contribution is -2.53. The van der Waals surface area contributed by atoms with Crippen LogP contribution >= 0.6 is 0 Å². The third kappa shape index (κ3) is 2.59. The Labute approximate surface area is 110 Å². The van der Waals surface area contributed by atoms with Crippen LogP contribution in [-0.2, 0) is 4.79 Å². The van der Waals surface area contributed by atoms with Gasteiger partial charge in [-0.2, -0.15) is 0 Å². The molecule has 1 amide bonds. The first-order valence-corrected chi connectivity index (χ1v) is 6.18. The van der Waals surface area contributed by atoms with Crippen LogP contribution in [0.15, 0.2) is 18.2 Å². The monoisotopic (exact) mass is 265 g/mol. The lowest BCUT2D eigenvalue weighted by molar-refractivity contribution is -0.144. The quantitative estimate of drug-likeness (QED) is 0.908. The van der Waals surface area contributed by atoms with E-state index in [0.717, 1.165) is 5.56 Å². The average Bonchev–Trinajstić information content (AvgIpc) is 2.29. The van der Waals surface area contributed by atoms with E-state index >= 15 is 0 Å². The number of benzene rings is 1. The Morgan fingerprint density at radius 3 is 2.63 bits per heavy atom. The summed E-state index contributed by atoms with van der Waals surface area (Å²) in [6.07, 6.45) is 0. The molecular weight excluding hydrogens is 249 g/mol. The molecule has 1 N–H and O–H groups in total. The van der Waals surface area contributed by atoms with Crippen LogP contribution < -0.4 is 0 Å². The van der Waals surface area contributed by atoms with Crippen molar-refractivity contribution in [2.45, 2.75) is 13.8 Å². The fourth-order valence-electron chi connectivity index (χ4n) is 2.17. The molecule has 1 heterocycles. The predicted octanol–water partition coefficient (Wildman–Crippen LogP) is 1.93. The molecule has 2 rings (SSSR count). The van der Waals surface area contributed by atoms with Gasteiger partial charge in [-0.15, -0.1) is 0 Å². The van der Waals surface area contributed by atoms with Crippen LogP contribution in [0.2, 0.25) is 0 Å². The van der Waals surface area contributed by atoms with Gasteiger partial charge in [0.1, 0.15) is 5.82 Å². The summed E-state index contributed by atoms with van der Waals surface area (Å²) in [6, 6.07) is 4.41. The van der Waals surface area contributed by atoms with Gasteiger partial charge in [-0.25, -0.2) is 4.39 Å². The summed E-state index contributed by atoms with van der Waals surface area (Å²) in [6.45, 7) is 4.17. The fraction of sp³-hybridized carbons (Fsp3) is 0.429. The van der Waals surface area contributed by atoms with Crippen molar-refractivity contribution in [3.05, 3.63) is 35.1 Å². The fourth-order valence-corrected chi connectivity index (χ4v) is 2.17. The summed E-state index contributed by atoms with van der Waals surface area (Å²) < 4.78 is 13.6. The van der Waals surface area contributed by atoms with Gasteiger partial charge in [-0.1, -0.05) is 18.6 Å². The SMILES string of the molecule is Cc1ccc(F)c(C(=O)N2CC(C(C)C(=O)O)C2)c1. The molecule has 0 saturated carbocycles. The highest BCUT2D eigenvalue weighted by molar-refractivity contribution is 5.95. The Bertz CT molecular complexity index is 523. The lowest BCUT2D eigenvalue weighted by Gasteiger charge is -2.41. The molecule has 1 atom stereocenters. The highest BCUT2D eigenvalue weighted by Crippen LogP contribution is 2.26. The maximum atomic E-state index is 13.6. The van der Waals surface area contributed by atoms with Crippen molar-refractivity contribution in [2.24, 2.45) is 11.8 Å². The molecule has 0 radical (unpaired) electrons.